The molecule has 0 heterocycles. The number of hydrogen-bond donors (Lipinski definition) is 0. The van der Waals surface area contributed by atoms with Gasteiger partial charge in [-0.2, -0.15) is 4.39 Å². The van der Waals surface area contributed by atoms with E-state index in [0.717, 1.165) is 12.1 Å². The average Bonchev–Trinajstić information content (AvgIpc) is 2.26. The Morgan fingerprint density at radius 2 is 2.24 bits per heavy atom. The lowest BCUT2D eigenvalue weighted by atomic mass is 10.1. The highest BCUT2D eigenvalue weighted by Crippen LogP contribution is 2.19. The van der Waals surface area contributed by atoms with Crippen LogP contribution in [0.15, 0.2) is 18.2 Å². The van der Waals surface area contributed by atoms with Gasteiger partial charge >= 0.3 is 5.69 Å². The fraction of sp³-hybridized carbons (Fsp3) is 0.333. The zero-order valence-corrected chi connectivity index (χ0v) is 9.57. The summed E-state index contributed by atoms with van der Waals surface area (Å²) in [5.41, 5.74) is -0.806. The molecule has 0 radical (unpaired) electrons. The van der Waals surface area contributed by atoms with Crippen molar-refractivity contribution < 1.29 is 14.1 Å². The summed E-state index contributed by atoms with van der Waals surface area (Å²) in [6, 6.07) is 3.62. The molecular formula is C12H12FNO3. The van der Waals surface area contributed by atoms with Crippen LogP contribution >= 0.6 is 0 Å². The van der Waals surface area contributed by atoms with Crippen molar-refractivity contribution >= 4 is 5.69 Å². The summed E-state index contributed by atoms with van der Waals surface area (Å²) in [5, 5.41) is 10.4. The van der Waals surface area contributed by atoms with Gasteiger partial charge in [0.1, 0.15) is 5.60 Å². The molecule has 5 heteroatoms. The van der Waals surface area contributed by atoms with Crippen LogP contribution in [0.3, 0.4) is 0 Å². The van der Waals surface area contributed by atoms with Gasteiger partial charge in [0.25, 0.3) is 0 Å². The van der Waals surface area contributed by atoms with E-state index in [1.165, 1.54) is 6.07 Å². The summed E-state index contributed by atoms with van der Waals surface area (Å²) in [4.78, 5) is 9.63. The summed E-state index contributed by atoms with van der Waals surface area (Å²) in [7, 11) is 0. The van der Waals surface area contributed by atoms with Crippen molar-refractivity contribution in [3.05, 3.63) is 39.7 Å². The molecule has 0 spiro atoms. The lowest BCUT2D eigenvalue weighted by Gasteiger charge is -2.18. The molecule has 0 fully saturated rings. The van der Waals surface area contributed by atoms with E-state index in [1.54, 1.807) is 13.8 Å². The van der Waals surface area contributed by atoms with Crippen LogP contribution in [0.1, 0.15) is 19.4 Å². The first-order valence-corrected chi connectivity index (χ1v) is 4.90. The zero-order valence-electron chi connectivity index (χ0n) is 9.57. The molecule has 0 N–H and O–H groups in total. The normalized spacial score (nSPS) is 10.9. The van der Waals surface area contributed by atoms with E-state index in [4.69, 9.17) is 11.2 Å². The van der Waals surface area contributed by atoms with E-state index in [1.807, 2.05) is 0 Å². The second-order valence-electron chi connectivity index (χ2n) is 3.99. The molecule has 0 amide bonds. The van der Waals surface area contributed by atoms with Crippen molar-refractivity contribution in [3.8, 4) is 12.3 Å². The molecule has 17 heavy (non-hydrogen) atoms. The molecule has 4 nitrogen and oxygen atoms in total. The van der Waals surface area contributed by atoms with Gasteiger partial charge < -0.3 is 4.74 Å². The summed E-state index contributed by atoms with van der Waals surface area (Å²) in [5.74, 6) is 1.55. The second-order valence-corrected chi connectivity index (χ2v) is 3.99. The van der Waals surface area contributed by atoms with Crippen molar-refractivity contribution in [2.45, 2.75) is 26.1 Å². The van der Waals surface area contributed by atoms with E-state index in [-0.39, 0.29) is 6.61 Å². The van der Waals surface area contributed by atoms with E-state index < -0.39 is 22.0 Å². The van der Waals surface area contributed by atoms with Crippen LogP contribution in [-0.2, 0) is 11.3 Å². The standard InChI is InChI=1S/C12H12FNO3/c1-4-12(2,3)17-8-9-5-6-11(14(15)16)10(13)7-9/h1,5-7H,8H2,2-3H3. The third-order valence-electron chi connectivity index (χ3n) is 2.16. The van der Waals surface area contributed by atoms with E-state index >= 15 is 0 Å². The largest absolute Gasteiger partial charge is 0.358 e. The van der Waals surface area contributed by atoms with Gasteiger partial charge in [-0.3, -0.25) is 10.1 Å². The maximum absolute atomic E-state index is 13.3. The van der Waals surface area contributed by atoms with Crippen molar-refractivity contribution in [2.75, 3.05) is 0 Å². The first kappa shape index (κ1) is 13.1. The Balaban J connectivity index is 2.79. The number of nitrogens with zero attached hydrogens (tertiary/aromatic N) is 1. The Bertz CT molecular complexity index is 477. The number of ether oxygens (including phenoxy) is 1. The van der Waals surface area contributed by atoms with Crippen molar-refractivity contribution in [1.29, 1.82) is 0 Å². The smallest absolute Gasteiger partial charge is 0.304 e. The summed E-state index contributed by atoms with van der Waals surface area (Å²) in [6.45, 7) is 3.51. The molecule has 0 aliphatic heterocycles. The molecule has 0 aromatic heterocycles. The Labute approximate surface area is 98.6 Å². The number of benzene rings is 1. The summed E-state index contributed by atoms with van der Waals surface area (Å²) >= 11 is 0. The number of terminal acetylenes is 1. The zero-order chi connectivity index (χ0) is 13.1. The highest BCUT2D eigenvalue weighted by Gasteiger charge is 2.17. The van der Waals surface area contributed by atoms with Crippen LogP contribution < -0.4 is 0 Å². The average molecular weight is 237 g/mol. The Kier molecular flexibility index (Phi) is 3.81. The van der Waals surface area contributed by atoms with Gasteiger partial charge in [0, 0.05) is 6.07 Å². The first-order valence-electron chi connectivity index (χ1n) is 4.90. The molecule has 0 atom stereocenters. The van der Waals surface area contributed by atoms with Crippen LogP contribution in [0, 0.1) is 28.3 Å². The lowest BCUT2D eigenvalue weighted by Crippen LogP contribution is -2.21. The lowest BCUT2D eigenvalue weighted by molar-refractivity contribution is -0.387. The third-order valence-corrected chi connectivity index (χ3v) is 2.16. The minimum atomic E-state index is -0.880. The highest BCUT2D eigenvalue weighted by atomic mass is 19.1. The number of nitro benzene ring substituents is 1. The van der Waals surface area contributed by atoms with Crippen LogP contribution in [0.25, 0.3) is 0 Å². The van der Waals surface area contributed by atoms with Crippen molar-refractivity contribution in [3.63, 3.8) is 0 Å². The highest BCUT2D eigenvalue weighted by molar-refractivity contribution is 5.34. The molecule has 0 aliphatic rings. The monoisotopic (exact) mass is 237 g/mol. The van der Waals surface area contributed by atoms with Crippen LogP contribution in [-0.4, -0.2) is 10.5 Å². The molecule has 1 aromatic rings. The second kappa shape index (κ2) is 4.93. The van der Waals surface area contributed by atoms with Crippen molar-refractivity contribution in [1.82, 2.24) is 0 Å². The fourth-order valence-electron chi connectivity index (χ4n) is 1.09. The van der Waals surface area contributed by atoms with Gasteiger partial charge in [-0.1, -0.05) is 5.92 Å². The number of nitro groups is 1. The predicted octanol–water partition coefficient (Wildman–Crippen LogP) is 2.66. The molecule has 90 valence electrons. The molecule has 0 saturated carbocycles. The quantitative estimate of drug-likeness (QED) is 0.459. The number of rotatable bonds is 4. The van der Waals surface area contributed by atoms with Crippen LogP contribution in [0.4, 0.5) is 10.1 Å². The Morgan fingerprint density at radius 3 is 2.71 bits per heavy atom. The van der Waals surface area contributed by atoms with Crippen LogP contribution in [0.5, 0.6) is 0 Å². The van der Waals surface area contributed by atoms with Gasteiger partial charge in [-0.15, -0.1) is 6.42 Å². The van der Waals surface area contributed by atoms with E-state index in [0.29, 0.717) is 5.56 Å². The molecule has 0 unspecified atom stereocenters. The van der Waals surface area contributed by atoms with Crippen molar-refractivity contribution in [2.24, 2.45) is 0 Å². The molecular weight excluding hydrogens is 225 g/mol. The summed E-state index contributed by atoms with van der Waals surface area (Å²) in [6.07, 6.45) is 5.23. The molecule has 1 rings (SSSR count). The molecule has 0 aliphatic carbocycles. The maximum atomic E-state index is 13.3. The summed E-state index contributed by atoms with van der Waals surface area (Å²) < 4.78 is 18.6. The minimum absolute atomic E-state index is 0.103. The first-order chi connectivity index (χ1) is 7.85. The third kappa shape index (κ3) is 3.54. The molecule has 0 saturated heterocycles. The SMILES string of the molecule is C#CC(C)(C)OCc1ccc([N+](=O)[O-])c(F)c1. The minimum Gasteiger partial charge on any atom is -0.358 e. The van der Waals surface area contributed by atoms with Gasteiger partial charge in [-0.05, 0) is 31.5 Å². The Hall–Kier alpha value is -1.93. The number of hydrogen-bond acceptors (Lipinski definition) is 3. The molecule has 0 bridgehead atoms. The Morgan fingerprint density at radius 1 is 1.59 bits per heavy atom. The maximum Gasteiger partial charge on any atom is 0.304 e. The number of halogens is 1. The topological polar surface area (TPSA) is 52.4 Å². The predicted molar refractivity (Wildman–Crippen MR) is 60.8 cm³/mol. The van der Waals surface area contributed by atoms with Gasteiger partial charge in [0.15, 0.2) is 0 Å². The molecule has 1 aromatic carbocycles. The fourth-order valence-corrected chi connectivity index (χ4v) is 1.09. The van der Waals surface area contributed by atoms with E-state index in [9.17, 15) is 14.5 Å². The van der Waals surface area contributed by atoms with Gasteiger partial charge in [0.2, 0.25) is 5.82 Å². The van der Waals surface area contributed by atoms with E-state index in [2.05, 4.69) is 5.92 Å². The van der Waals surface area contributed by atoms with Gasteiger partial charge in [0.05, 0.1) is 11.5 Å². The van der Waals surface area contributed by atoms with Gasteiger partial charge in [-0.25, -0.2) is 0 Å². The van der Waals surface area contributed by atoms with Crippen LogP contribution in [0.2, 0.25) is 0 Å².